The molecule has 0 fully saturated rings. The smallest absolute Gasteiger partial charge is 0.357 e. The van der Waals surface area contributed by atoms with E-state index in [4.69, 9.17) is 9.84 Å². The Morgan fingerprint density at radius 1 is 1.20 bits per heavy atom. The van der Waals surface area contributed by atoms with E-state index in [0.29, 0.717) is 15.9 Å². The molecule has 0 aliphatic carbocycles. The number of nitrogens with zero attached hydrogens (tertiary/aromatic N) is 2. The summed E-state index contributed by atoms with van der Waals surface area (Å²) in [5.41, 5.74) is 0.572. The number of aromatic amines is 2. The second kappa shape index (κ2) is 8.18. The number of ether oxygens (including phenoxy) is 1. The SMILES string of the molecule is CCOC(=O)c1[nH]ncc1I.O=C(O)c1[nH]ncc1I. The maximum atomic E-state index is 11.0. The van der Waals surface area contributed by atoms with Gasteiger partial charge in [0.25, 0.3) is 0 Å². The van der Waals surface area contributed by atoms with Crippen molar-refractivity contribution >= 4 is 57.1 Å². The zero-order valence-corrected chi connectivity index (χ0v) is 14.5. The average Bonchev–Trinajstić information content (AvgIpc) is 2.98. The summed E-state index contributed by atoms with van der Waals surface area (Å²) in [6.07, 6.45) is 3.04. The summed E-state index contributed by atoms with van der Waals surface area (Å²) < 4.78 is 6.16. The Labute approximate surface area is 141 Å². The first-order valence-electron chi connectivity index (χ1n) is 5.25. The van der Waals surface area contributed by atoms with E-state index >= 15 is 0 Å². The average molecular weight is 504 g/mol. The molecule has 2 aromatic rings. The van der Waals surface area contributed by atoms with Gasteiger partial charge in [0.2, 0.25) is 0 Å². The molecule has 0 saturated carbocycles. The van der Waals surface area contributed by atoms with Gasteiger partial charge in [-0.25, -0.2) is 9.59 Å². The number of carbonyl (C=O) groups is 2. The fraction of sp³-hybridized carbons (Fsp3) is 0.200. The van der Waals surface area contributed by atoms with Crippen LogP contribution >= 0.6 is 45.2 Å². The highest BCUT2D eigenvalue weighted by Gasteiger charge is 2.11. The lowest BCUT2D eigenvalue weighted by Crippen LogP contribution is -2.06. The molecule has 0 amide bonds. The van der Waals surface area contributed by atoms with E-state index in [1.165, 1.54) is 6.20 Å². The van der Waals surface area contributed by atoms with Crippen molar-refractivity contribution in [1.29, 1.82) is 0 Å². The number of nitrogens with one attached hydrogen (secondary N) is 2. The minimum atomic E-state index is -0.975. The van der Waals surface area contributed by atoms with Crippen LogP contribution in [-0.4, -0.2) is 44.0 Å². The van der Waals surface area contributed by atoms with Crippen molar-refractivity contribution in [2.45, 2.75) is 6.92 Å². The normalized spacial score (nSPS) is 9.55. The van der Waals surface area contributed by atoms with Gasteiger partial charge in [-0.2, -0.15) is 10.2 Å². The minimum absolute atomic E-state index is 0.149. The first-order valence-corrected chi connectivity index (χ1v) is 7.41. The molecule has 0 aliphatic rings. The first kappa shape index (κ1) is 16.9. The van der Waals surface area contributed by atoms with Crippen LogP contribution in [0.4, 0.5) is 0 Å². The molecule has 0 spiro atoms. The Hall–Kier alpha value is -1.18. The summed E-state index contributed by atoms with van der Waals surface area (Å²) in [4.78, 5) is 21.2. The Morgan fingerprint density at radius 2 is 1.70 bits per heavy atom. The monoisotopic (exact) mass is 504 g/mol. The number of aromatic carboxylic acids is 1. The van der Waals surface area contributed by atoms with Crippen molar-refractivity contribution in [3.63, 3.8) is 0 Å². The molecule has 0 radical (unpaired) electrons. The first-order chi connectivity index (χ1) is 9.47. The number of H-pyrrole nitrogens is 2. The van der Waals surface area contributed by atoms with E-state index in [-0.39, 0.29) is 11.7 Å². The van der Waals surface area contributed by atoms with Gasteiger partial charge in [0, 0.05) is 0 Å². The molecule has 0 aromatic carbocycles. The molecule has 0 unspecified atom stereocenters. The van der Waals surface area contributed by atoms with Crippen LogP contribution in [0.2, 0.25) is 0 Å². The molecule has 10 heteroatoms. The topological polar surface area (TPSA) is 121 Å². The lowest BCUT2D eigenvalue weighted by molar-refractivity contribution is 0.0517. The fourth-order valence-electron chi connectivity index (χ4n) is 1.04. The summed E-state index contributed by atoms with van der Waals surface area (Å²) in [5.74, 6) is -1.33. The van der Waals surface area contributed by atoms with Crippen molar-refractivity contribution in [1.82, 2.24) is 20.4 Å². The van der Waals surface area contributed by atoms with Gasteiger partial charge in [0.15, 0.2) is 11.4 Å². The standard InChI is InChI=1S/C6H7IN2O2.C4H3IN2O2/c1-2-11-6(10)5-4(7)3-8-9-5;5-2-1-6-7-3(2)4(8)9/h3H,2H2,1H3,(H,8,9);1H,(H,6,7)(H,8,9). The molecule has 0 aliphatic heterocycles. The third kappa shape index (κ3) is 4.73. The Kier molecular flexibility index (Phi) is 6.90. The predicted molar refractivity (Wildman–Crippen MR) is 85.5 cm³/mol. The highest BCUT2D eigenvalue weighted by molar-refractivity contribution is 14.1. The Morgan fingerprint density at radius 3 is 2.00 bits per heavy atom. The molecule has 0 saturated heterocycles. The molecule has 3 N–H and O–H groups in total. The summed E-state index contributed by atoms with van der Waals surface area (Å²) in [7, 11) is 0. The van der Waals surface area contributed by atoms with E-state index in [9.17, 15) is 9.59 Å². The zero-order chi connectivity index (χ0) is 15.1. The van der Waals surface area contributed by atoms with Gasteiger partial charge >= 0.3 is 11.9 Å². The van der Waals surface area contributed by atoms with Crippen LogP contribution in [0.15, 0.2) is 12.4 Å². The molecule has 8 nitrogen and oxygen atoms in total. The van der Waals surface area contributed by atoms with Crippen LogP contribution in [-0.2, 0) is 4.74 Å². The lowest BCUT2D eigenvalue weighted by atomic mass is 10.4. The number of carbonyl (C=O) groups excluding carboxylic acids is 1. The number of carboxylic acid groups (broad SMARTS) is 1. The van der Waals surface area contributed by atoms with Gasteiger partial charge < -0.3 is 9.84 Å². The quantitative estimate of drug-likeness (QED) is 0.434. The molecule has 2 rings (SSSR count). The van der Waals surface area contributed by atoms with Crippen LogP contribution in [0.5, 0.6) is 0 Å². The molecule has 0 atom stereocenters. The molecular formula is C10H10I2N4O4. The van der Waals surface area contributed by atoms with E-state index in [1.807, 2.05) is 45.2 Å². The molecular weight excluding hydrogens is 494 g/mol. The lowest BCUT2D eigenvalue weighted by Gasteiger charge is -1.97. The third-order valence-corrected chi connectivity index (χ3v) is 3.52. The van der Waals surface area contributed by atoms with Crippen LogP contribution in [0.25, 0.3) is 0 Å². The largest absolute Gasteiger partial charge is 0.476 e. The van der Waals surface area contributed by atoms with E-state index in [2.05, 4.69) is 20.4 Å². The number of aromatic nitrogens is 4. The van der Waals surface area contributed by atoms with Gasteiger partial charge in [-0.3, -0.25) is 10.2 Å². The third-order valence-electron chi connectivity index (χ3n) is 1.88. The highest BCUT2D eigenvalue weighted by Crippen LogP contribution is 2.08. The maximum Gasteiger partial charge on any atom is 0.357 e. The van der Waals surface area contributed by atoms with Crippen LogP contribution < -0.4 is 0 Å². The van der Waals surface area contributed by atoms with Crippen molar-refractivity contribution in [2.24, 2.45) is 0 Å². The minimum Gasteiger partial charge on any atom is -0.476 e. The van der Waals surface area contributed by atoms with E-state index in [1.54, 1.807) is 13.1 Å². The predicted octanol–water partition coefficient (Wildman–Crippen LogP) is 1.90. The maximum absolute atomic E-state index is 11.0. The number of carboxylic acids is 1. The Bertz CT molecular complexity index is 596. The zero-order valence-electron chi connectivity index (χ0n) is 10.2. The summed E-state index contributed by atoms with van der Waals surface area (Å²) >= 11 is 3.91. The van der Waals surface area contributed by atoms with Gasteiger partial charge in [-0.15, -0.1) is 0 Å². The van der Waals surface area contributed by atoms with E-state index in [0.717, 1.165) is 3.57 Å². The number of hydrogen-bond acceptors (Lipinski definition) is 5. The van der Waals surface area contributed by atoms with Gasteiger partial charge in [0.05, 0.1) is 26.1 Å². The number of rotatable bonds is 3. The van der Waals surface area contributed by atoms with E-state index < -0.39 is 5.97 Å². The van der Waals surface area contributed by atoms with Crippen molar-refractivity contribution in [3.05, 3.63) is 30.9 Å². The van der Waals surface area contributed by atoms with Gasteiger partial charge in [0.1, 0.15) is 0 Å². The molecule has 2 aromatic heterocycles. The van der Waals surface area contributed by atoms with Crippen molar-refractivity contribution in [3.8, 4) is 0 Å². The van der Waals surface area contributed by atoms with Crippen molar-refractivity contribution < 1.29 is 19.4 Å². The number of hydrogen-bond donors (Lipinski definition) is 3. The molecule has 20 heavy (non-hydrogen) atoms. The number of esters is 1. The van der Waals surface area contributed by atoms with Gasteiger partial charge in [-0.1, -0.05) is 0 Å². The Balaban J connectivity index is 0.000000204. The molecule has 0 bridgehead atoms. The molecule has 108 valence electrons. The molecule has 2 heterocycles. The summed E-state index contributed by atoms with van der Waals surface area (Å²) in [6.45, 7) is 2.15. The van der Waals surface area contributed by atoms with Crippen LogP contribution in [0, 0.1) is 7.14 Å². The van der Waals surface area contributed by atoms with Crippen LogP contribution in [0.3, 0.4) is 0 Å². The second-order valence-electron chi connectivity index (χ2n) is 3.21. The van der Waals surface area contributed by atoms with Gasteiger partial charge in [-0.05, 0) is 52.1 Å². The summed E-state index contributed by atoms with van der Waals surface area (Å²) in [6, 6.07) is 0. The number of halogens is 2. The van der Waals surface area contributed by atoms with Crippen LogP contribution in [0.1, 0.15) is 27.9 Å². The summed E-state index contributed by atoms with van der Waals surface area (Å²) in [5, 5.41) is 20.5. The van der Waals surface area contributed by atoms with Crippen molar-refractivity contribution in [2.75, 3.05) is 6.61 Å². The second-order valence-corrected chi connectivity index (χ2v) is 5.54. The fourth-order valence-corrected chi connectivity index (χ4v) is 2.01. The highest BCUT2D eigenvalue weighted by atomic mass is 127.